The first-order chi connectivity index (χ1) is 14.7. The molecule has 11 heteroatoms. The lowest BCUT2D eigenvalue weighted by molar-refractivity contribution is -0.119. The van der Waals surface area contributed by atoms with Crippen molar-refractivity contribution in [1.82, 2.24) is 5.43 Å². The second kappa shape index (κ2) is 10.4. The quantitative estimate of drug-likeness (QED) is 0.283. The van der Waals surface area contributed by atoms with Crippen molar-refractivity contribution in [2.75, 3.05) is 31.3 Å². The smallest absolute Gasteiger partial charge is 0.493 e. The average Bonchev–Trinajstić information content (AvgIpc) is 2.72. The molecule has 0 heterocycles. The highest BCUT2D eigenvalue weighted by Crippen LogP contribution is 2.28. The summed E-state index contributed by atoms with van der Waals surface area (Å²) in [7, 11) is -1.11. The van der Waals surface area contributed by atoms with Gasteiger partial charge in [-0.05, 0) is 42.3 Å². The number of benzene rings is 2. The van der Waals surface area contributed by atoms with Crippen LogP contribution in [0.1, 0.15) is 11.1 Å². The molecule has 31 heavy (non-hydrogen) atoms. The van der Waals surface area contributed by atoms with E-state index < -0.39 is 28.6 Å². The van der Waals surface area contributed by atoms with Crippen molar-refractivity contribution in [1.29, 1.82) is 0 Å². The fourth-order valence-corrected chi connectivity index (χ4v) is 3.46. The fourth-order valence-electron chi connectivity index (χ4n) is 2.55. The van der Waals surface area contributed by atoms with Crippen molar-refractivity contribution in [3.63, 3.8) is 0 Å². The number of anilines is 1. The van der Waals surface area contributed by atoms with E-state index in [0.29, 0.717) is 16.8 Å². The maximum Gasteiger partial charge on any atom is 0.513 e. The van der Waals surface area contributed by atoms with Gasteiger partial charge in [-0.2, -0.15) is 5.10 Å². The Labute approximate surface area is 180 Å². The summed E-state index contributed by atoms with van der Waals surface area (Å²) in [5.41, 5.74) is 3.96. The number of para-hydroxylation sites is 1. The zero-order valence-electron chi connectivity index (χ0n) is 17.5. The Bertz CT molecular complexity index is 1080. The Kier molecular flexibility index (Phi) is 7.97. The second-order valence-corrected chi connectivity index (χ2v) is 8.22. The van der Waals surface area contributed by atoms with Gasteiger partial charge in [0.25, 0.3) is 5.91 Å². The van der Waals surface area contributed by atoms with Crippen LogP contribution < -0.4 is 19.2 Å². The van der Waals surface area contributed by atoms with Crippen LogP contribution in [0.4, 0.5) is 10.5 Å². The highest BCUT2D eigenvalue weighted by molar-refractivity contribution is 7.92. The summed E-state index contributed by atoms with van der Waals surface area (Å²) in [6.07, 6.45) is 1.47. The van der Waals surface area contributed by atoms with Crippen molar-refractivity contribution < 1.29 is 32.2 Å². The predicted octanol–water partition coefficient (Wildman–Crippen LogP) is 2.07. The van der Waals surface area contributed by atoms with Gasteiger partial charge in [-0.25, -0.2) is 18.6 Å². The van der Waals surface area contributed by atoms with Crippen molar-refractivity contribution in [2.24, 2.45) is 5.10 Å². The molecule has 0 unspecified atom stereocenters. The molecule has 0 aliphatic rings. The van der Waals surface area contributed by atoms with Crippen LogP contribution in [0.25, 0.3) is 0 Å². The zero-order chi connectivity index (χ0) is 23.0. The van der Waals surface area contributed by atoms with E-state index in [1.54, 1.807) is 37.3 Å². The van der Waals surface area contributed by atoms with Crippen LogP contribution in [0.15, 0.2) is 47.6 Å². The number of carbonyl (C=O) groups is 2. The van der Waals surface area contributed by atoms with Gasteiger partial charge in [0.05, 0.1) is 32.4 Å². The molecule has 0 aliphatic heterocycles. The molecule has 0 aromatic heterocycles. The van der Waals surface area contributed by atoms with Gasteiger partial charge < -0.3 is 14.2 Å². The van der Waals surface area contributed by atoms with Crippen LogP contribution in [0.2, 0.25) is 0 Å². The minimum Gasteiger partial charge on any atom is -0.493 e. The summed E-state index contributed by atoms with van der Waals surface area (Å²) in [5.74, 6) is -0.219. The molecule has 10 nitrogen and oxygen atoms in total. The molecule has 0 saturated carbocycles. The molecule has 2 aromatic carbocycles. The number of hydrazone groups is 1. The van der Waals surface area contributed by atoms with E-state index in [0.717, 1.165) is 10.6 Å². The van der Waals surface area contributed by atoms with Crippen LogP contribution in [-0.4, -0.2) is 53.7 Å². The summed E-state index contributed by atoms with van der Waals surface area (Å²) in [6.45, 7) is 1.32. The average molecular weight is 449 g/mol. The molecular weight excluding hydrogens is 426 g/mol. The molecule has 0 bridgehead atoms. The van der Waals surface area contributed by atoms with E-state index in [1.807, 2.05) is 0 Å². The summed E-state index contributed by atoms with van der Waals surface area (Å²) in [5, 5.41) is 3.84. The first-order valence-electron chi connectivity index (χ1n) is 8.94. The number of hydrogen-bond donors (Lipinski definition) is 1. The number of sulfonamides is 1. The molecule has 0 fully saturated rings. The highest BCUT2D eigenvalue weighted by Gasteiger charge is 2.22. The SMILES string of the molecule is COC(=O)Oc1ccc(/C=N\NC(=O)CN(c2ccccc2C)S(C)(=O)=O)cc1OC. The van der Waals surface area contributed by atoms with Crippen LogP contribution in [0.3, 0.4) is 0 Å². The normalized spacial score (nSPS) is 11.1. The second-order valence-electron chi connectivity index (χ2n) is 6.32. The van der Waals surface area contributed by atoms with E-state index >= 15 is 0 Å². The number of carbonyl (C=O) groups excluding carboxylic acids is 2. The molecule has 0 radical (unpaired) electrons. The summed E-state index contributed by atoms with van der Waals surface area (Å²) >= 11 is 0. The Morgan fingerprint density at radius 1 is 1.13 bits per heavy atom. The van der Waals surface area contributed by atoms with Gasteiger partial charge in [0.15, 0.2) is 11.5 Å². The molecule has 0 aliphatic carbocycles. The number of methoxy groups -OCH3 is 2. The minimum absolute atomic E-state index is 0.151. The topological polar surface area (TPSA) is 124 Å². The molecule has 2 aromatic rings. The molecule has 0 atom stereocenters. The molecule has 1 amide bonds. The van der Waals surface area contributed by atoms with Gasteiger partial charge in [-0.15, -0.1) is 0 Å². The van der Waals surface area contributed by atoms with Crippen molar-refractivity contribution in [2.45, 2.75) is 6.92 Å². The third-order valence-electron chi connectivity index (χ3n) is 4.02. The summed E-state index contributed by atoms with van der Waals surface area (Å²) in [4.78, 5) is 23.5. The van der Waals surface area contributed by atoms with Gasteiger partial charge in [-0.1, -0.05) is 18.2 Å². The van der Waals surface area contributed by atoms with Crippen molar-refractivity contribution in [3.8, 4) is 11.5 Å². The van der Waals surface area contributed by atoms with Crippen LogP contribution in [0.5, 0.6) is 11.5 Å². The Morgan fingerprint density at radius 2 is 1.84 bits per heavy atom. The monoisotopic (exact) mass is 449 g/mol. The van der Waals surface area contributed by atoms with Gasteiger partial charge in [0, 0.05) is 0 Å². The van der Waals surface area contributed by atoms with E-state index in [4.69, 9.17) is 9.47 Å². The predicted molar refractivity (Wildman–Crippen MR) is 115 cm³/mol. The zero-order valence-corrected chi connectivity index (χ0v) is 18.3. The Morgan fingerprint density at radius 3 is 2.45 bits per heavy atom. The largest absolute Gasteiger partial charge is 0.513 e. The molecule has 0 saturated heterocycles. The van der Waals surface area contributed by atoms with E-state index in [1.165, 1.54) is 32.6 Å². The lowest BCUT2D eigenvalue weighted by Crippen LogP contribution is -2.39. The number of rotatable bonds is 8. The first-order valence-corrected chi connectivity index (χ1v) is 10.8. The van der Waals surface area contributed by atoms with Gasteiger partial charge >= 0.3 is 6.16 Å². The Hall–Kier alpha value is -3.60. The number of nitrogens with one attached hydrogen (secondary N) is 1. The van der Waals surface area contributed by atoms with Crippen molar-refractivity contribution in [3.05, 3.63) is 53.6 Å². The third-order valence-corrected chi connectivity index (χ3v) is 5.15. The number of nitrogens with zero attached hydrogens (tertiary/aromatic N) is 2. The Balaban J connectivity index is 2.09. The molecule has 2 rings (SSSR count). The molecule has 1 N–H and O–H groups in total. The maximum atomic E-state index is 12.3. The summed E-state index contributed by atoms with van der Waals surface area (Å²) in [6, 6.07) is 11.4. The van der Waals surface area contributed by atoms with Crippen LogP contribution >= 0.6 is 0 Å². The van der Waals surface area contributed by atoms with Gasteiger partial charge in [0.2, 0.25) is 10.0 Å². The van der Waals surface area contributed by atoms with Gasteiger partial charge in [-0.3, -0.25) is 9.10 Å². The fraction of sp³-hybridized carbons (Fsp3) is 0.250. The third kappa shape index (κ3) is 6.71. The maximum absolute atomic E-state index is 12.3. The van der Waals surface area contributed by atoms with E-state index in [-0.39, 0.29) is 11.5 Å². The minimum atomic E-state index is -3.69. The highest BCUT2D eigenvalue weighted by atomic mass is 32.2. The van der Waals surface area contributed by atoms with Crippen LogP contribution in [0, 0.1) is 6.92 Å². The van der Waals surface area contributed by atoms with Crippen LogP contribution in [-0.2, 0) is 19.6 Å². The van der Waals surface area contributed by atoms with Crippen molar-refractivity contribution >= 4 is 34.0 Å². The van der Waals surface area contributed by atoms with E-state index in [2.05, 4.69) is 15.3 Å². The lowest BCUT2D eigenvalue weighted by atomic mass is 10.2. The molecular formula is C20H23N3O7S. The number of aryl methyl sites for hydroxylation is 1. The number of hydrogen-bond acceptors (Lipinski definition) is 8. The number of ether oxygens (including phenoxy) is 3. The van der Waals surface area contributed by atoms with Gasteiger partial charge in [0.1, 0.15) is 6.54 Å². The van der Waals surface area contributed by atoms with E-state index in [9.17, 15) is 18.0 Å². The number of amides is 1. The molecule has 166 valence electrons. The molecule has 0 spiro atoms. The standard InChI is InChI=1S/C20H23N3O7S/c1-14-7-5-6-8-16(14)23(31(4,26)27)13-19(24)22-21-12-15-9-10-17(18(11-15)28-2)30-20(25)29-3/h5-12H,13H2,1-4H3,(H,22,24)/b21-12-. The summed E-state index contributed by atoms with van der Waals surface area (Å²) < 4.78 is 39.9. The lowest BCUT2D eigenvalue weighted by Gasteiger charge is -2.23. The first kappa shape index (κ1) is 23.7.